The Morgan fingerprint density at radius 3 is 2.48 bits per heavy atom. The zero-order chi connectivity index (χ0) is 16.9. The van der Waals surface area contributed by atoms with Crippen LogP contribution in [0.2, 0.25) is 0 Å². The number of rotatable bonds is 2. The van der Waals surface area contributed by atoms with Gasteiger partial charge in [0.25, 0.3) is 0 Å². The van der Waals surface area contributed by atoms with Gasteiger partial charge in [0.05, 0.1) is 0 Å². The van der Waals surface area contributed by atoms with Crippen molar-refractivity contribution in [3.05, 3.63) is 35.4 Å². The molecule has 0 aliphatic carbocycles. The zero-order valence-corrected chi connectivity index (χ0v) is 15.4. The molecule has 1 unspecified atom stereocenters. The Kier molecular flexibility index (Phi) is 4.00. The van der Waals surface area contributed by atoms with Crippen LogP contribution in [0.15, 0.2) is 24.3 Å². The second-order valence-corrected chi connectivity index (χ2v) is 8.23. The minimum atomic E-state index is 0.00529. The number of benzene rings is 2. The number of nitrogens with zero attached hydrogens (tertiary/aromatic N) is 1. The molecular weight excluding hydrogens is 306 g/mol. The van der Waals surface area contributed by atoms with Gasteiger partial charge in [-0.3, -0.25) is 0 Å². The molecule has 2 nitrogen and oxygen atoms in total. The summed E-state index contributed by atoms with van der Waals surface area (Å²) in [5.74, 6) is 1.73. The number of anilines is 1. The molecule has 1 aliphatic heterocycles. The van der Waals surface area contributed by atoms with Crippen LogP contribution >= 0.6 is 11.6 Å². The van der Waals surface area contributed by atoms with Gasteiger partial charge in [-0.05, 0) is 43.2 Å². The van der Waals surface area contributed by atoms with E-state index in [1.165, 1.54) is 11.1 Å². The summed E-state index contributed by atoms with van der Waals surface area (Å²) >= 11 is 6.30. The number of aromatic hydroxyl groups is 1. The van der Waals surface area contributed by atoms with Crippen molar-refractivity contribution in [3.63, 3.8) is 0 Å². The Bertz CT molecular complexity index is 745. The fraction of sp³-hybridized carbons (Fsp3) is 0.500. The molecule has 1 N–H and O–H groups in total. The summed E-state index contributed by atoms with van der Waals surface area (Å²) in [5.41, 5.74) is 3.73. The normalized spacial score (nSPS) is 18.0. The summed E-state index contributed by atoms with van der Waals surface area (Å²) in [7, 11) is 0. The van der Waals surface area contributed by atoms with Crippen molar-refractivity contribution in [1.82, 2.24) is 0 Å². The molecule has 3 heteroatoms. The number of phenolic OH excluding ortho intramolecular Hbond substituents is 1. The number of hydrogen-bond acceptors (Lipinski definition) is 2. The van der Waals surface area contributed by atoms with Gasteiger partial charge in [-0.1, -0.05) is 32.0 Å². The first-order chi connectivity index (χ1) is 10.7. The number of halogens is 1. The van der Waals surface area contributed by atoms with Crippen LogP contribution in [0.4, 0.5) is 5.69 Å². The number of hydrogen-bond donors (Lipinski definition) is 1. The molecule has 3 rings (SSSR count). The van der Waals surface area contributed by atoms with E-state index < -0.39 is 0 Å². The van der Waals surface area contributed by atoms with Crippen LogP contribution in [0, 0.1) is 0 Å². The summed E-state index contributed by atoms with van der Waals surface area (Å²) in [6.07, 6.45) is 0. The third-order valence-corrected chi connectivity index (χ3v) is 5.30. The van der Waals surface area contributed by atoms with Gasteiger partial charge in [0, 0.05) is 41.0 Å². The Morgan fingerprint density at radius 1 is 1.22 bits per heavy atom. The van der Waals surface area contributed by atoms with Crippen LogP contribution < -0.4 is 4.90 Å². The van der Waals surface area contributed by atoms with Gasteiger partial charge in [-0.15, -0.1) is 11.6 Å². The zero-order valence-electron chi connectivity index (χ0n) is 14.7. The first-order valence-corrected chi connectivity index (χ1v) is 8.90. The Hall–Kier alpha value is -1.41. The van der Waals surface area contributed by atoms with Gasteiger partial charge in [-0.2, -0.15) is 0 Å². The second-order valence-electron chi connectivity index (χ2n) is 7.92. The van der Waals surface area contributed by atoms with E-state index >= 15 is 0 Å². The Labute approximate surface area is 144 Å². The average molecular weight is 332 g/mol. The molecule has 0 amide bonds. The van der Waals surface area contributed by atoms with Gasteiger partial charge in [0.15, 0.2) is 0 Å². The second kappa shape index (κ2) is 5.59. The summed E-state index contributed by atoms with van der Waals surface area (Å²) in [4.78, 5) is 2.37. The van der Waals surface area contributed by atoms with E-state index in [1.807, 2.05) is 12.1 Å². The van der Waals surface area contributed by atoms with Gasteiger partial charge in [0.2, 0.25) is 0 Å². The summed E-state index contributed by atoms with van der Waals surface area (Å²) in [6, 6.07) is 8.32. The van der Waals surface area contributed by atoms with E-state index in [4.69, 9.17) is 11.6 Å². The average Bonchev–Trinajstić information content (AvgIpc) is 2.85. The third-order valence-electron chi connectivity index (χ3n) is 4.92. The molecule has 0 saturated carbocycles. The molecule has 23 heavy (non-hydrogen) atoms. The predicted molar refractivity (Wildman–Crippen MR) is 100 cm³/mol. The topological polar surface area (TPSA) is 23.5 Å². The molecule has 0 bridgehead atoms. The molecular formula is C20H26ClNO. The lowest BCUT2D eigenvalue weighted by Gasteiger charge is -2.35. The van der Waals surface area contributed by atoms with Crippen LogP contribution in [0.3, 0.4) is 0 Å². The highest BCUT2D eigenvalue weighted by Gasteiger charge is 2.36. The van der Waals surface area contributed by atoms with E-state index in [2.05, 4.69) is 51.7 Å². The van der Waals surface area contributed by atoms with Crippen molar-refractivity contribution >= 4 is 28.1 Å². The quantitative estimate of drug-likeness (QED) is 0.723. The lowest BCUT2D eigenvalue weighted by Crippen LogP contribution is -2.40. The highest BCUT2D eigenvalue weighted by Crippen LogP contribution is 2.47. The molecule has 0 saturated heterocycles. The molecule has 1 aliphatic rings. The van der Waals surface area contributed by atoms with Crippen LogP contribution in [-0.4, -0.2) is 23.1 Å². The lowest BCUT2D eigenvalue weighted by atomic mass is 9.92. The van der Waals surface area contributed by atoms with Gasteiger partial charge >= 0.3 is 0 Å². The highest BCUT2D eigenvalue weighted by atomic mass is 35.5. The SMILES string of the molecule is CC(C)c1ccc2c(O)cc3c(c2c1)C(CCl)CN3C(C)(C)C. The molecule has 0 fully saturated rings. The summed E-state index contributed by atoms with van der Waals surface area (Å²) < 4.78 is 0. The Morgan fingerprint density at radius 2 is 1.91 bits per heavy atom. The van der Waals surface area contributed by atoms with Crippen LogP contribution in [-0.2, 0) is 0 Å². The largest absolute Gasteiger partial charge is 0.507 e. The van der Waals surface area contributed by atoms with Gasteiger partial charge in [-0.25, -0.2) is 0 Å². The Balaban J connectivity index is 2.32. The smallest absolute Gasteiger partial charge is 0.125 e. The molecule has 0 aromatic heterocycles. The van der Waals surface area contributed by atoms with Gasteiger partial charge in [0.1, 0.15) is 5.75 Å². The fourth-order valence-electron chi connectivity index (χ4n) is 3.61. The van der Waals surface area contributed by atoms with E-state index in [9.17, 15) is 5.11 Å². The standard InChI is InChI=1S/C20H26ClNO/c1-12(2)13-6-7-15-16(8-13)19-14(10-21)11-22(20(3,4)5)17(19)9-18(15)23/h6-9,12,14,23H,10-11H2,1-5H3. The lowest BCUT2D eigenvalue weighted by molar-refractivity contribution is 0.479. The molecule has 124 valence electrons. The minimum absolute atomic E-state index is 0.00529. The molecule has 1 atom stereocenters. The van der Waals surface area contributed by atoms with Crippen LogP contribution in [0.5, 0.6) is 5.75 Å². The highest BCUT2D eigenvalue weighted by molar-refractivity contribution is 6.18. The van der Waals surface area contributed by atoms with E-state index in [1.54, 1.807) is 0 Å². The summed E-state index contributed by atoms with van der Waals surface area (Å²) in [5, 5.41) is 12.6. The van der Waals surface area contributed by atoms with Crippen LogP contribution in [0.25, 0.3) is 10.8 Å². The maximum atomic E-state index is 10.5. The van der Waals surface area contributed by atoms with Crippen molar-refractivity contribution in [2.75, 3.05) is 17.3 Å². The number of fused-ring (bicyclic) bond motifs is 3. The maximum absolute atomic E-state index is 10.5. The van der Waals surface area contributed by atoms with E-state index in [0.717, 1.165) is 23.0 Å². The van der Waals surface area contributed by atoms with Crippen molar-refractivity contribution < 1.29 is 5.11 Å². The molecule has 2 aromatic carbocycles. The molecule has 1 heterocycles. The van der Waals surface area contributed by atoms with E-state index in [-0.39, 0.29) is 5.54 Å². The molecule has 2 aromatic rings. The molecule has 0 spiro atoms. The summed E-state index contributed by atoms with van der Waals surface area (Å²) in [6.45, 7) is 11.9. The first kappa shape index (κ1) is 16.4. The first-order valence-electron chi connectivity index (χ1n) is 8.37. The van der Waals surface area contributed by atoms with E-state index in [0.29, 0.717) is 23.5 Å². The third kappa shape index (κ3) is 2.67. The van der Waals surface area contributed by atoms with Crippen molar-refractivity contribution in [3.8, 4) is 5.75 Å². The minimum Gasteiger partial charge on any atom is -0.507 e. The predicted octanol–water partition coefficient (Wildman–Crippen LogP) is 5.61. The van der Waals surface area contributed by atoms with Crippen molar-refractivity contribution in [1.29, 1.82) is 0 Å². The number of phenols is 1. The maximum Gasteiger partial charge on any atom is 0.125 e. The monoisotopic (exact) mass is 331 g/mol. The van der Waals surface area contributed by atoms with Crippen LogP contribution in [0.1, 0.15) is 57.6 Å². The fourth-order valence-corrected chi connectivity index (χ4v) is 3.87. The number of alkyl halides is 1. The van der Waals surface area contributed by atoms with Gasteiger partial charge < -0.3 is 10.0 Å². The molecule has 0 radical (unpaired) electrons. The van der Waals surface area contributed by atoms with Crippen molar-refractivity contribution in [2.24, 2.45) is 0 Å². The van der Waals surface area contributed by atoms with Crippen molar-refractivity contribution in [2.45, 2.75) is 52.0 Å².